The Morgan fingerprint density at radius 1 is 1.44 bits per heavy atom. The number of thioether (sulfide) groups is 1. The molecule has 6 heteroatoms. The monoisotopic (exact) mass is 259 g/mol. The zero-order valence-electron chi connectivity index (χ0n) is 9.06. The fourth-order valence-corrected chi connectivity index (χ4v) is 3.22. The van der Waals surface area contributed by atoms with Crippen molar-refractivity contribution in [3.8, 4) is 0 Å². The number of sulfone groups is 1. The van der Waals surface area contributed by atoms with Crippen molar-refractivity contribution in [1.82, 2.24) is 0 Å². The van der Waals surface area contributed by atoms with Crippen LogP contribution in [0.25, 0.3) is 0 Å². The molecule has 1 rings (SSSR count). The molecule has 0 unspecified atom stereocenters. The third kappa shape index (κ3) is 2.84. The number of benzene rings is 1. The highest BCUT2D eigenvalue weighted by molar-refractivity contribution is 7.99. The number of ketones is 1. The van der Waals surface area contributed by atoms with Gasteiger partial charge in [0.1, 0.15) is 0 Å². The quantitative estimate of drug-likeness (QED) is 0.643. The summed E-state index contributed by atoms with van der Waals surface area (Å²) in [6.45, 7) is -0.0773. The third-order valence-electron chi connectivity index (χ3n) is 2.07. The second-order valence-electron chi connectivity index (χ2n) is 3.27. The van der Waals surface area contributed by atoms with Gasteiger partial charge in [-0.1, -0.05) is 0 Å². The number of Topliss-reactive ketones (excluding diaryl/α,β-unsaturated/α-hetero) is 1. The lowest BCUT2D eigenvalue weighted by Gasteiger charge is -2.07. The molecule has 0 saturated heterocycles. The first-order valence-corrected chi connectivity index (χ1v) is 7.63. The second-order valence-corrected chi connectivity index (χ2v) is 6.10. The molecular formula is C10H13NO3S2. The first-order chi connectivity index (χ1) is 7.40. The number of nitrogens with two attached hydrogens (primary N) is 1. The molecule has 0 amide bonds. The molecule has 1 aromatic rings. The molecule has 0 bridgehead atoms. The van der Waals surface area contributed by atoms with E-state index in [1.54, 1.807) is 12.3 Å². The maximum atomic E-state index is 11.4. The molecule has 0 spiro atoms. The fourth-order valence-electron chi connectivity index (χ4n) is 1.27. The topological polar surface area (TPSA) is 77.2 Å². The lowest BCUT2D eigenvalue weighted by Crippen LogP contribution is -2.14. The summed E-state index contributed by atoms with van der Waals surface area (Å²) >= 11 is 1.29. The minimum absolute atomic E-state index is 0.0773. The molecule has 16 heavy (non-hydrogen) atoms. The van der Waals surface area contributed by atoms with Gasteiger partial charge in [0.2, 0.25) is 0 Å². The summed E-state index contributed by atoms with van der Waals surface area (Å²) in [4.78, 5) is 12.2. The van der Waals surface area contributed by atoms with Gasteiger partial charge >= 0.3 is 0 Å². The van der Waals surface area contributed by atoms with Crippen molar-refractivity contribution in [3.05, 3.63) is 23.8 Å². The number of rotatable bonds is 4. The van der Waals surface area contributed by atoms with Crippen molar-refractivity contribution >= 4 is 27.4 Å². The molecule has 0 saturated carbocycles. The van der Waals surface area contributed by atoms with Crippen LogP contribution in [0.1, 0.15) is 10.4 Å². The van der Waals surface area contributed by atoms with E-state index in [4.69, 9.17) is 5.73 Å². The van der Waals surface area contributed by atoms with Crippen molar-refractivity contribution in [1.29, 1.82) is 0 Å². The van der Waals surface area contributed by atoms with Crippen LogP contribution in [-0.4, -0.2) is 33.3 Å². The zero-order chi connectivity index (χ0) is 12.3. The van der Waals surface area contributed by atoms with E-state index < -0.39 is 9.84 Å². The zero-order valence-corrected chi connectivity index (χ0v) is 10.7. The van der Waals surface area contributed by atoms with Crippen LogP contribution < -0.4 is 5.73 Å². The third-order valence-corrected chi connectivity index (χ3v) is 4.13. The van der Waals surface area contributed by atoms with Gasteiger partial charge in [-0.2, -0.15) is 0 Å². The molecule has 1 aromatic carbocycles. The van der Waals surface area contributed by atoms with E-state index in [0.29, 0.717) is 10.5 Å². The Morgan fingerprint density at radius 3 is 2.50 bits per heavy atom. The molecule has 4 nitrogen and oxygen atoms in total. The van der Waals surface area contributed by atoms with Gasteiger partial charge in [0.15, 0.2) is 15.6 Å². The van der Waals surface area contributed by atoms with Gasteiger partial charge in [0, 0.05) is 16.7 Å². The molecule has 0 heterocycles. The number of hydrogen-bond acceptors (Lipinski definition) is 5. The molecule has 0 aliphatic rings. The van der Waals surface area contributed by atoms with E-state index in [0.717, 1.165) is 6.26 Å². The maximum Gasteiger partial charge on any atom is 0.176 e. The van der Waals surface area contributed by atoms with Gasteiger partial charge in [-0.3, -0.25) is 4.79 Å². The highest BCUT2D eigenvalue weighted by Crippen LogP contribution is 2.26. The summed E-state index contributed by atoms with van der Waals surface area (Å²) < 4.78 is 22.9. The van der Waals surface area contributed by atoms with E-state index in [-0.39, 0.29) is 17.2 Å². The summed E-state index contributed by atoms with van der Waals surface area (Å²) in [5, 5.41) is 0. The standard InChI is InChI=1S/C10H13NO3S2/c1-15-9-5-7(8(12)6-11)3-4-10(9)16(2,13)14/h3-5H,6,11H2,1-2H3. The number of carbonyl (C=O) groups is 1. The van der Waals surface area contributed by atoms with Crippen LogP contribution >= 0.6 is 11.8 Å². The van der Waals surface area contributed by atoms with Crippen LogP contribution in [-0.2, 0) is 9.84 Å². The second kappa shape index (κ2) is 4.99. The summed E-state index contributed by atoms with van der Waals surface area (Å²) in [6.07, 6.45) is 2.91. The largest absolute Gasteiger partial charge is 0.324 e. The first kappa shape index (κ1) is 13.2. The first-order valence-electron chi connectivity index (χ1n) is 4.51. The van der Waals surface area contributed by atoms with E-state index in [1.165, 1.54) is 23.9 Å². The molecule has 0 aromatic heterocycles. The Bertz CT molecular complexity index is 509. The summed E-state index contributed by atoms with van der Waals surface area (Å²) in [5.74, 6) is -0.199. The van der Waals surface area contributed by atoms with Crippen molar-refractivity contribution in [2.75, 3.05) is 19.1 Å². The van der Waals surface area contributed by atoms with Crippen LogP contribution in [0.4, 0.5) is 0 Å². The summed E-state index contributed by atoms with van der Waals surface area (Å²) in [5.41, 5.74) is 5.69. The fraction of sp³-hybridized carbons (Fsp3) is 0.300. The minimum atomic E-state index is -3.26. The van der Waals surface area contributed by atoms with E-state index in [2.05, 4.69) is 0 Å². The van der Waals surface area contributed by atoms with Crippen LogP contribution in [0.15, 0.2) is 28.0 Å². The smallest absolute Gasteiger partial charge is 0.176 e. The average Bonchev–Trinajstić information content (AvgIpc) is 2.25. The molecule has 2 N–H and O–H groups in total. The highest BCUT2D eigenvalue weighted by Gasteiger charge is 2.14. The maximum absolute atomic E-state index is 11.4. The number of carbonyl (C=O) groups excluding carboxylic acids is 1. The number of hydrogen-bond donors (Lipinski definition) is 1. The molecular weight excluding hydrogens is 246 g/mol. The van der Waals surface area contributed by atoms with Gasteiger partial charge in [-0.05, 0) is 24.5 Å². The molecule has 0 aliphatic heterocycles. The van der Waals surface area contributed by atoms with Crippen LogP contribution in [0.5, 0.6) is 0 Å². The van der Waals surface area contributed by atoms with Gasteiger partial charge < -0.3 is 5.73 Å². The van der Waals surface area contributed by atoms with Gasteiger partial charge in [-0.25, -0.2) is 8.42 Å². The Labute approximate surface area is 99.1 Å². The lowest BCUT2D eigenvalue weighted by molar-refractivity contribution is 0.100. The average molecular weight is 259 g/mol. The van der Waals surface area contributed by atoms with Crippen molar-refractivity contribution in [2.45, 2.75) is 9.79 Å². The molecule has 0 fully saturated rings. The normalized spacial score (nSPS) is 11.4. The molecule has 0 aliphatic carbocycles. The van der Waals surface area contributed by atoms with E-state index >= 15 is 0 Å². The van der Waals surface area contributed by atoms with Crippen molar-refractivity contribution in [3.63, 3.8) is 0 Å². The van der Waals surface area contributed by atoms with Crippen LogP contribution in [0, 0.1) is 0 Å². The van der Waals surface area contributed by atoms with Crippen molar-refractivity contribution in [2.24, 2.45) is 5.73 Å². The predicted octanol–water partition coefficient (Wildman–Crippen LogP) is 0.953. The molecule has 0 radical (unpaired) electrons. The van der Waals surface area contributed by atoms with Crippen LogP contribution in [0.2, 0.25) is 0 Å². The lowest BCUT2D eigenvalue weighted by atomic mass is 10.1. The molecule has 0 atom stereocenters. The van der Waals surface area contributed by atoms with E-state index in [9.17, 15) is 13.2 Å². The highest BCUT2D eigenvalue weighted by atomic mass is 32.2. The van der Waals surface area contributed by atoms with Gasteiger partial charge in [-0.15, -0.1) is 11.8 Å². The molecule has 88 valence electrons. The van der Waals surface area contributed by atoms with Gasteiger partial charge in [0.05, 0.1) is 11.4 Å². The van der Waals surface area contributed by atoms with Crippen molar-refractivity contribution < 1.29 is 13.2 Å². The van der Waals surface area contributed by atoms with E-state index in [1.807, 2.05) is 0 Å². The SMILES string of the molecule is CSc1cc(C(=O)CN)ccc1S(C)(=O)=O. The Kier molecular flexibility index (Phi) is 4.12. The summed E-state index contributed by atoms with van der Waals surface area (Å²) in [6, 6.07) is 4.51. The minimum Gasteiger partial charge on any atom is -0.324 e. The Morgan fingerprint density at radius 2 is 2.06 bits per heavy atom. The summed E-state index contributed by atoms with van der Waals surface area (Å²) in [7, 11) is -3.26. The van der Waals surface area contributed by atoms with Gasteiger partial charge in [0.25, 0.3) is 0 Å². The predicted molar refractivity (Wildman–Crippen MR) is 64.7 cm³/mol. The Hall–Kier alpha value is -0.850. The van der Waals surface area contributed by atoms with Crippen LogP contribution in [0.3, 0.4) is 0 Å². The Balaban J connectivity index is 3.33.